The van der Waals surface area contributed by atoms with Crippen LogP contribution in [0.3, 0.4) is 0 Å². The van der Waals surface area contributed by atoms with Crippen molar-refractivity contribution in [3.05, 3.63) is 46.4 Å². The van der Waals surface area contributed by atoms with Crippen molar-refractivity contribution in [1.29, 1.82) is 0 Å². The molecule has 2 aromatic carbocycles. The topological polar surface area (TPSA) is 59.6 Å². The highest BCUT2D eigenvalue weighted by atomic mass is 79.9. The highest BCUT2D eigenvalue weighted by Crippen LogP contribution is 2.29. The van der Waals surface area contributed by atoms with Crippen molar-refractivity contribution in [2.45, 2.75) is 6.92 Å². The van der Waals surface area contributed by atoms with E-state index in [2.05, 4.69) is 26.6 Å². The van der Waals surface area contributed by atoms with Crippen LogP contribution in [0.4, 0.5) is 16.2 Å². The molecule has 0 atom stereocenters. The van der Waals surface area contributed by atoms with Crippen molar-refractivity contribution in [2.24, 2.45) is 0 Å². The second-order valence-corrected chi connectivity index (χ2v) is 5.46. The first kappa shape index (κ1) is 16.2. The quantitative estimate of drug-likeness (QED) is 0.843. The van der Waals surface area contributed by atoms with Gasteiger partial charge in [0.15, 0.2) is 0 Å². The summed E-state index contributed by atoms with van der Waals surface area (Å²) in [6.45, 7) is 1.96. The van der Waals surface area contributed by atoms with Crippen LogP contribution in [-0.2, 0) is 0 Å². The predicted octanol–water partition coefficient (Wildman–Crippen LogP) is 4.42. The molecule has 0 aliphatic rings. The molecule has 0 saturated carbocycles. The van der Waals surface area contributed by atoms with Crippen LogP contribution in [0, 0.1) is 6.92 Å². The molecule has 0 unspecified atom stereocenters. The summed E-state index contributed by atoms with van der Waals surface area (Å²) < 4.78 is 11.4. The summed E-state index contributed by atoms with van der Waals surface area (Å²) in [7, 11) is 3.11. The molecule has 0 aliphatic heterocycles. The van der Waals surface area contributed by atoms with Gasteiger partial charge in [0.05, 0.1) is 19.9 Å². The second-order valence-electron chi connectivity index (χ2n) is 4.61. The summed E-state index contributed by atoms with van der Waals surface area (Å²) in [4.78, 5) is 12.1. The number of halogens is 1. The first-order valence-corrected chi connectivity index (χ1v) is 7.39. The third-order valence-corrected chi connectivity index (χ3v) is 3.96. The van der Waals surface area contributed by atoms with E-state index in [1.165, 1.54) is 7.11 Å². The van der Waals surface area contributed by atoms with Crippen molar-refractivity contribution in [1.82, 2.24) is 0 Å². The van der Waals surface area contributed by atoms with Crippen LogP contribution in [-0.4, -0.2) is 20.3 Å². The molecule has 0 radical (unpaired) electrons. The Morgan fingerprint density at radius 2 is 1.82 bits per heavy atom. The van der Waals surface area contributed by atoms with Crippen LogP contribution in [0.1, 0.15) is 5.56 Å². The number of methoxy groups -OCH3 is 2. The molecule has 0 saturated heterocycles. The van der Waals surface area contributed by atoms with Gasteiger partial charge in [-0.25, -0.2) is 4.79 Å². The lowest BCUT2D eigenvalue weighted by Gasteiger charge is -2.12. The van der Waals surface area contributed by atoms with Gasteiger partial charge in [-0.1, -0.05) is 15.9 Å². The Labute approximate surface area is 137 Å². The van der Waals surface area contributed by atoms with Crippen LogP contribution in [0.15, 0.2) is 40.9 Å². The SMILES string of the molecule is COc1ccc(NC(=O)Nc2ccc(Br)c(C)c2)c(OC)c1. The van der Waals surface area contributed by atoms with Gasteiger partial charge in [0.2, 0.25) is 0 Å². The molecular formula is C16H17BrN2O3. The molecule has 0 heterocycles. The Hall–Kier alpha value is -2.21. The molecule has 116 valence electrons. The summed E-state index contributed by atoms with van der Waals surface area (Å²) in [6.07, 6.45) is 0. The van der Waals surface area contributed by atoms with Crippen molar-refractivity contribution < 1.29 is 14.3 Å². The van der Waals surface area contributed by atoms with E-state index >= 15 is 0 Å². The molecule has 0 aromatic heterocycles. The molecule has 2 rings (SSSR count). The lowest BCUT2D eigenvalue weighted by atomic mass is 10.2. The minimum Gasteiger partial charge on any atom is -0.497 e. The number of urea groups is 1. The number of carbonyl (C=O) groups is 1. The normalized spacial score (nSPS) is 10.0. The van der Waals surface area contributed by atoms with Gasteiger partial charge >= 0.3 is 6.03 Å². The number of nitrogens with one attached hydrogen (secondary N) is 2. The Bertz CT molecular complexity index is 689. The largest absolute Gasteiger partial charge is 0.497 e. The van der Waals surface area contributed by atoms with Gasteiger partial charge in [-0.2, -0.15) is 0 Å². The summed E-state index contributed by atoms with van der Waals surface area (Å²) in [5, 5.41) is 5.53. The molecule has 6 heteroatoms. The number of rotatable bonds is 4. The van der Waals surface area contributed by atoms with Gasteiger partial charge < -0.3 is 20.1 Å². The van der Waals surface area contributed by atoms with E-state index in [1.54, 1.807) is 25.3 Å². The maximum absolute atomic E-state index is 12.1. The van der Waals surface area contributed by atoms with Gasteiger partial charge in [-0.15, -0.1) is 0 Å². The van der Waals surface area contributed by atoms with Gasteiger partial charge in [0.25, 0.3) is 0 Å². The molecule has 0 fully saturated rings. The smallest absolute Gasteiger partial charge is 0.323 e. The molecule has 2 amide bonds. The first-order valence-electron chi connectivity index (χ1n) is 6.59. The van der Waals surface area contributed by atoms with Crippen molar-refractivity contribution in [2.75, 3.05) is 24.9 Å². The Kier molecular flexibility index (Phi) is 5.27. The highest BCUT2D eigenvalue weighted by Gasteiger charge is 2.09. The van der Waals surface area contributed by atoms with Gasteiger partial charge in [0.1, 0.15) is 11.5 Å². The van der Waals surface area contributed by atoms with Crippen LogP contribution in [0.2, 0.25) is 0 Å². The third-order valence-electron chi connectivity index (χ3n) is 3.07. The molecule has 2 aromatic rings. The monoisotopic (exact) mass is 364 g/mol. The zero-order chi connectivity index (χ0) is 16.1. The fraction of sp³-hybridized carbons (Fsp3) is 0.188. The number of aryl methyl sites for hydroxylation is 1. The second kappa shape index (κ2) is 7.17. The van der Waals surface area contributed by atoms with Crippen LogP contribution >= 0.6 is 15.9 Å². The summed E-state index contributed by atoms with van der Waals surface area (Å²) in [6, 6.07) is 10.4. The zero-order valence-corrected chi connectivity index (χ0v) is 14.2. The van der Waals surface area contributed by atoms with E-state index in [1.807, 2.05) is 25.1 Å². The van der Waals surface area contributed by atoms with Crippen LogP contribution in [0.5, 0.6) is 11.5 Å². The van der Waals surface area contributed by atoms with E-state index in [4.69, 9.17) is 9.47 Å². The van der Waals surface area contributed by atoms with Gasteiger partial charge in [0, 0.05) is 16.2 Å². The summed E-state index contributed by atoms with van der Waals surface area (Å²) in [5.74, 6) is 1.19. The Morgan fingerprint density at radius 1 is 1.05 bits per heavy atom. The lowest BCUT2D eigenvalue weighted by molar-refractivity contribution is 0.262. The number of anilines is 2. The van der Waals surface area contributed by atoms with E-state index in [0.717, 1.165) is 10.0 Å². The third kappa shape index (κ3) is 3.92. The van der Waals surface area contributed by atoms with Crippen LogP contribution < -0.4 is 20.1 Å². The number of benzene rings is 2. The van der Waals surface area contributed by atoms with E-state index < -0.39 is 0 Å². The van der Waals surface area contributed by atoms with E-state index in [-0.39, 0.29) is 6.03 Å². The minimum atomic E-state index is -0.342. The Balaban J connectivity index is 2.10. The summed E-state index contributed by atoms with van der Waals surface area (Å²) >= 11 is 3.43. The van der Waals surface area contributed by atoms with E-state index in [0.29, 0.717) is 22.9 Å². The average Bonchev–Trinajstić information content (AvgIpc) is 2.51. The molecule has 5 nitrogen and oxygen atoms in total. The molecule has 0 aliphatic carbocycles. The lowest BCUT2D eigenvalue weighted by Crippen LogP contribution is -2.19. The fourth-order valence-corrected chi connectivity index (χ4v) is 2.16. The molecule has 22 heavy (non-hydrogen) atoms. The number of amides is 2. The first-order chi connectivity index (χ1) is 10.5. The molecule has 0 bridgehead atoms. The standard InChI is InChI=1S/C16H17BrN2O3/c1-10-8-11(4-6-13(10)17)18-16(20)19-14-7-5-12(21-2)9-15(14)22-3/h4-9H,1-3H3,(H2,18,19,20). The number of hydrogen-bond acceptors (Lipinski definition) is 3. The zero-order valence-electron chi connectivity index (χ0n) is 12.6. The number of ether oxygens (including phenoxy) is 2. The van der Waals surface area contributed by atoms with E-state index in [9.17, 15) is 4.79 Å². The summed E-state index contributed by atoms with van der Waals surface area (Å²) in [5.41, 5.74) is 2.32. The van der Waals surface area contributed by atoms with Crippen molar-refractivity contribution in [3.63, 3.8) is 0 Å². The van der Waals surface area contributed by atoms with Crippen LogP contribution in [0.25, 0.3) is 0 Å². The number of hydrogen-bond donors (Lipinski definition) is 2. The molecule has 0 spiro atoms. The molecular weight excluding hydrogens is 348 g/mol. The predicted molar refractivity (Wildman–Crippen MR) is 91.1 cm³/mol. The average molecular weight is 365 g/mol. The van der Waals surface area contributed by atoms with Crippen molar-refractivity contribution in [3.8, 4) is 11.5 Å². The minimum absolute atomic E-state index is 0.342. The number of carbonyl (C=O) groups excluding carboxylic acids is 1. The van der Waals surface area contributed by atoms with Gasteiger partial charge in [-0.3, -0.25) is 0 Å². The Morgan fingerprint density at radius 3 is 2.45 bits per heavy atom. The molecule has 2 N–H and O–H groups in total. The maximum atomic E-state index is 12.1. The van der Waals surface area contributed by atoms with Gasteiger partial charge in [-0.05, 0) is 42.8 Å². The fourth-order valence-electron chi connectivity index (χ4n) is 1.91. The highest BCUT2D eigenvalue weighted by molar-refractivity contribution is 9.10. The maximum Gasteiger partial charge on any atom is 0.323 e. The van der Waals surface area contributed by atoms with Crippen molar-refractivity contribution >= 4 is 33.3 Å².